The molecule has 0 atom stereocenters. The minimum absolute atomic E-state index is 0.339. The topological polar surface area (TPSA) is 58.6 Å². The van der Waals surface area contributed by atoms with Gasteiger partial charge in [-0.3, -0.25) is 0 Å². The predicted octanol–water partition coefficient (Wildman–Crippen LogP) is 2.05. The van der Waals surface area contributed by atoms with Gasteiger partial charge < -0.3 is 10.9 Å². The highest BCUT2D eigenvalue weighted by Crippen LogP contribution is 2.07. The lowest BCUT2D eigenvalue weighted by Gasteiger charge is -1.99. The van der Waals surface area contributed by atoms with E-state index in [1.165, 1.54) is 18.6 Å². The summed E-state index contributed by atoms with van der Waals surface area (Å²) >= 11 is 1.94. The molecule has 0 saturated carbocycles. The summed E-state index contributed by atoms with van der Waals surface area (Å²) < 4.78 is 0. The molecule has 0 bridgehead atoms. The van der Waals surface area contributed by atoms with Gasteiger partial charge in [0.15, 0.2) is 0 Å². The molecule has 0 aliphatic carbocycles. The Morgan fingerprint density at radius 3 is 2.67 bits per heavy atom. The van der Waals surface area contributed by atoms with Crippen molar-refractivity contribution in [3.8, 4) is 0 Å². The zero-order valence-electron chi connectivity index (χ0n) is 7.62. The molecular weight excluding hydrogens is 172 g/mol. The molecule has 0 spiro atoms. The molecule has 0 radical (unpaired) electrons. The van der Waals surface area contributed by atoms with Crippen LogP contribution in [0.1, 0.15) is 32.6 Å². The second kappa shape index (κ2) is 8.71. The van der Waals surface area contributed by atoms with Gasteiger partial charge in [-0.15, -0.1) is 0 Å². The van der Waals surface area contributed by atoms with E-state index in [-0.39, 0.29) is 0 Å². The van der Waals surface area contributed by atoms with Crippen LogP contribution in [-0.2, 0) is 0 Å². The molecule has 0 saturated heterocycles. The average Bonchev–Trinajstić information content (AvgIpc) is 2.10. The summed E-state index contributed by atoms with van der Waals surface area (Å²) in [5.74, 6) is 2.68. The summed E-state index contributed by atoms with van der Waals surface area (Å²) in [5.41, 5.74) is 5.30. The van der Waals surface area contributed by atoms with Crippen LogP contribution < -0.4 is 5.73 Å². The zero-order chi connectivity index (χ0) is 9.23. The Labute approximate surface area is 78.4 Å². The van der Waals surface area contributed by atoms with Crippen LogP contribution in [0.2, 0.25) is 0 Å². The number of nitrogens with two attached hydrogens (primary N) is 1. The second-order valence-corrected chi connectivity index (χ2v) is 3.89. The van der Waals surface area contributed by atoms with E-state index < -0.39 is 0 Å². The van der Waals surface area contributed by atoms with Crippen molar-refractivity contribution in [3.63, 3.8) is 0 Å². The van der Waals surface area contributed by atoms with Crippen LogP contribution in [0.4, 0.5) is 0 Å². The largest absolute Gasteiger partial charge is 0.409 e. The highest BCUT2D eigenvalue weighted by Gasteiger charge is 1.93. The van der Waals surface area contributed by atoms with E-state index in [4.69, 9.17) is 10.9 Å². The van der Waals surface area contributed by atoms with Crippen molar-refractivity contribution in [1.82, 2.24) is 0 Å². The van der Waals surface area contributed by atoms with Gasteiger partial charge in [0.2, 0.25) is 0 Å². The fourth-order valence-corrected chi connectivity index (χ4v) is 1.80. The minimum atomic E-state index is 0.339. The van der Waals surface area contributed by atoms with E-state index in [9.17, 15) is 0 Å². The first-order chi connectivity index (χ1) is 5.81. The van der Waals surface area contributed by atoms with Gasteiger partial charge in [0.25, 0.3) is 0 Å². The van der Waals surface area contributed by atoms with Crippen molar-refractivity contribution in [3.05, 3.63) is 0 Å². The van der Waals surface area contributed by atoms with Crippen molar-refractivity contribution in [2.24, 2.45) is 10.9 Å². The molecule has 0 rings (SSSR count). The van der Waals surface area contributed by atoms with E-state index >= 15 is 0 Å². The van der Waals surface area contributed by atoms with Crippen LogP contribution in [0.25, 0.3) is 0 Å². The molecule has 0 aliphatic heterocycles. The van der Waals surface area contributed by atoms with Crippen LogP contribution in [0.5, 0.6) is 0 Å². The quantitative estimate of drug-likeness (QED) is 0.212. The fraction of sp³-hybridized carbons (Fsp3) is 0.875. The summed E-state index contributed by atoms with van der Waals surface area (Å²) in [6.45, 7) is 2.19. The highest BCUT2D eigenvalue weighted by atomic mass is 32.2. The number of oxime groups is 1. The number of nitrogens with zero attached hydrogens (tertiary/aromatic N) is 1. The first-order valence-electron chi connectivity index (χ1n) is 4.35. The molecule has 0 unspecified atom stereocenters. The van der Waals surface area contributed by atoms with Gasteiger partial charge in [0, 0.05) is 6.42 Å². The highest BCUT2D eigenvalue weighted by molar-refractivity contribution is 7.99. The molecule has 72 valence electrons. The molecule has 3 nitrogen and oxygen atoms in total. The third kappa shape index (κ3) is 7.72. The van der Waals surface area contributed by atoms with Crippen LogP contribution in [0, 0.1) is 0 Å². The van der Waals surface area contributed by atoms with Gasteiger partial charge in [-0.1, -0.05) is 18.5 Å². The first kappa shape index (κ1) is 11.6. The summed E-state index contributed by atoms with van der Waals surface area (Å²) in [4.78, 5) is 0. The van der Waals surface area contributed by atoms with Gasteiger partial charge in [-0.05, 0) is 24.3 Å². The Kier molecular flexibility index (Phi) is 8.44. The van der Waals surface area contributed by atoms with Gasteiger partial charge in [-0.25, -0.2) is 0 Å². The Morgan fingerprint density at radius 2 is 2.08 bits per heavy atom. The Morgan fingerprint density at radius 1 is 1.42 bits per heavy atom. The molecule has 0 aromatic rings. The molecular formula is C8H18N2OS. The molecule has 12 heavy (non-hydrogen) atoms. The van der Waals surface area contributed by atoms with Crippen molar-refractivity contribution < 1.29 is 5.21 Å². The van der Waals surface area contributed by atoms with Crippen molar-refractivity contribution in [2.45, 2.75) is 32.6 Å². The lowest BCUT2D eigenvalue weighted by molar-refractivity contribution is 0.317. The number of hydrogen-bond acceptors (Lipinski definition) is 3. The van der Waals surface area contributed by atoms with E-state index in [1.54, 1.807) is 0 Å². The smallest absolute Gasteiger partial charge is 0.139 e. The minimum Gasteiger partial charge on any atom is -0.409 e. The SMILES string of the molecule is CCCCSCCC/C(N)=N/O. The third-order valence-electron chi connectivity index (χ3n) is 1.49. The molecule has 0 amide bonds. The Bertz CT molecular complexity index is 128. The third-order valence-corrected chi connectivity index (χ3v) is 2.65. The molecule has 3 N–H and O–H groups in total. The van der Waals surface area contributed by atoms with E-state index in [1.807, 2.05) is 11.8 Å². The monoisotopic (exact) mass is 190 g/mol. The first-order valence-corrected chi connectivity index (χ1v) is 5.50. The van der Waals surface area contributed by atoms with Crippen molar-refractivity contribution in [1.29, 1.82) is 0 Å². The van der Waals surface area contributed by atoms with E-state index in [0.29, 0.717) is 12.3 Å². The summed E-state index contributed by atoms with van der Waals surface area (Å²) in [7, 11) is 0. The van der Waals surface area contributed by atoms with Gasteiger partial charge >= 0.3 is 0 Å². The predicted molar refractivity (Wildman–Crippen MR) is 54.9 cm³/mol. The van der Waals surface area contributed by atoms with Crippen LogP contribution >= 0.6 is 11.8 Å². The zero-order valence-corrected chi connectivity index (χ0v) is 8.44. The summed E-state index contributed by atoms with van der Waals surface area (Å²) in [5, 5.41) is 11.1. The lowest BCUT2D eigenvalue weighted by Crippen LogP contribution is -2.11. The van der Waals surface area contributed by atoms with Crippen LogP contribution in [0.3, 0.4) is 0 Å². The van der Waals surface area contributed by atoms with Gasteiger partial charge in [0.1, 0.15) is 5.84 Å². The number of hydrogen-bond donors (Lipinski definition) is 2. The van der Waals surface area contributed by atoms with Crippen molar-refractivity contribution >= 4 is 17.6 Å². The van der Waals surface area contributed by atoms with Crippen LogP contribution in [0.15, 0.2) is 5.16 Å². The van der Waals surface area contributed by atoms with E-state index in [0.717, 1.165) is 12.2 Å². The maximum absolute atomic E-state index is 8.23. The number of unbranched alkanes of at least 4 members (excludes halogenated alkanes) is 1. The van der Waals surface area contributed by atoms with Crippen molar-refractivity contribution in [2.75, 3.05) is 11.5 Å². The lowest BCUT2D eigenvalue weighted by atomic mass is 10.3. The number of rotatable bonds is 7. The molecule has 0 fully saturated rings. The Balaban J connectivity index is 3.00. The Hall–Kier alpha value is -0.380. The molecule has 0 aromatic heterocycles. The summed E-state index contributed by atoms with van der Waals surface area (Å²) in [6, 6.07) is 0. The molecule has 0 heterocycles. The van der Waals surface area contributed by atoms with Gasteiger partial charge in [0.05, 0.1) is 0 Å². The molecule has 4 heteroatoms. The van der Waals surface area contributed by atoms with Crippen LogP contribution in [-0.4, -0.2) is 22.5 Å². The molecule has 0 aromatic carbocycles. The normalized spacial score (nSPS) is 11.9. The average molecular weight is 190 g/mol. The maximum Gasteiger partial charge on any atom is 0.139 e. The molecule has 0 aliphatic rings. The fourth-order valence-electron chi connectivity index (χ4n) is 0.754. The second-order valence-electron chi connectivity index (χ2n) is 2.66. The van der Waals surface area contributed by atoms with E-state index in [2.05, 4.69) is 12.1 Å². The standard InChI is InChI=1S/C8H18N2OS/c1-2-3-6-12-7-4-5-8(9)10-11/h11H,2-7H2,1H3,(H2,9,10). The summed E-state index contributed by atoms with van der Waals surface area (Å²) in [6.07, 6.45) is 4.25. The number of amidine groups is 1. The maximum atomic E-state index is 8.23. The number of thioether (sulfide) groups is 1. The van der Waals surface area contributed by atoms with Gasteiger partial charge in [-0.2, -0.15) is 11.8 Å².